The Hall–Kier alpha value is -2.14. The van der Waals surface area contributed by atoms with Gasteiger partial charge in [0.2, 0.25) is 0 Å². The van der Waals surface area contributed by atoms with Gasteiger partial charge in [-0.05, 0) is 42.5 Å². The number of Topliss-reactive ketones (excluding diaryl/α,β-unsaturated/α-hetero) is 1. The zero-order valence-corrected chi connectivity index (χ0v) is 24.3. The van der Waals surface area contributed by atoms with Crippen molar-refractivity contribution in [3.05, 3.63) is 76.9 Å². The summed E-state index contributed by atoms with van der Waals surface area (Å²) in [6.45, 7) is 2.00. The van der Waals surface area contributed by atoms with Gasteiger partial charge >= 0.3 is 69.3 Å². The van der Waals surface area contributed by atoms with E-state index in [9.17, 15) is 19.2 Å². The van der Waals surface area contributed by atoms with Crippen LogP contribution >= 0.6 is 0 Å². The molecule has 4 rings (SSSR count). The molecule has 1 aliphatic heterocycles. The van der Waals surface area contributed by atoms with Crippen LogP contribution in [0.3, 0.4) is 0 Å². The maximum absolute atomic E-state index is 11.7. The smallest absolute Gasteiger partial charge is 1.00 e. The number of esters is 3. The standard InChI is InChI=1S/C12H12O4.C11H10O3.C4H8O.CH4.K.H/c1-15-11(13)8-7-9-5-3-4-6-10(9)12(14)16-2;1-14-11(13)9-6-7-4-2-3-5-8(7)10(9)12;1-2-4-5-3-1;;;/h3-8H,1-2H3;2-5,9H,6H2,1H3;1-4H2;1H4;;/q;;;;+1;-1/b8-7+;;;;;. The molecule has 1 unspecified atom stereocenters. The summed E-state index contributed by atoms with van der Waals surface area (Å²) in [5, 5.41) is 0. The monoisotopic (exact) mass is 538 g/mol. The Kier molecular flexibility index (Phi) is 17.9. The van der Waals surface area contributed by atoms with Gasteiger partial charge < -0.3 is 20.4 Å². The topological polar surface area (TPSA) is 105 Å². The molecule has 1 saturated heterocycles. The number of fused-ring (bicyclic) bond motifs is 1. The zero-order valence-electron chi connectivity index (χ0n) is 22.2. The third-order valence-corrected chi connectivity index (χ3v) is 5.30. The van der Waals surface area contributed by atoms with E-state index in [4.69, 9.17) is 4.74 Å². The minimum atomic E-state index is -0.627. The van der Waals surface area contributed by atoms with E-state index in [1.54, 1.807) is 36.4 Å². The number of hydrogen-bond donors (Lipinski definition) is 0. The van der Waals surface area contributed by atoms with Crippen LogP contribution in [-0.4, -0.2) is 58.2 Å². The van der Waals surface area contributed by atoms with E-state index in [-0.39, 0.29) is 66.0 Å². The number of methoxy groups -OCH3 is 3. The summed E-state index contributed by atoms with van der Waals surface area (Å²) in [4.78, 5) is 45.2. The summed E-state index contributed by atoms with van der Waals surface area (Å²) in [6.07, 6.45) is 5.79. The number of hydrogen-bond acceptors (Lipinski definition) is 8. The zero-order chi connectivity index (χ0) is 25.6. The molecule has 1 fully saturated rings. The van der Waals surface area contributed by atoms with Crippen LogP contribution in [0.5, 0.6) is 0 Å². The molecule has 0 N–H and O–H groups in total. The van der Waals surface area contributed by atoms with Crippen molar-refractivity contribution in [1.29, 1.82) is 0 Å². The van der Waals surface area contributed by atoms with E-state index in [0.717, 1.165) is 18.8 Å². The molecule has 0 radical (unpaired) electrons. The predicted molar refractivity (Wildman–Crippen MR) is 137 cm³/mol. The Balaban J connectivity index is 0. The van der Waals surface area contributed by atoms with Gasteiger partial charge in [-0.25, -0.2) is 9.59 Å². The molecular weight excluding hydrogens is 503 g/mol. The molecule has 37 heavy (non-hydrogen) atoms. The molecule has 2 aromatic rings. The van der Waals surface area contributed by atoms with Crippen LogP contribution in [0, 0.1) is 5.92 Å². The fraction of sp³-hybridized carbons (Fsp3) is 0.357. The number of rotatable bonds is 4. The van der Waals surface area contributed by atoms with Crippen molar-refractivity contribution in [2.45, 2.75) is 26.7 Å². The van der Waals surface area contributed by atoms with E-state index in [1.807, 2.05) is 12.1 Å². The Labute approximate surface area is 262 Å². The average Bonchev–Trinajstić information content (AvgIpc) is 3.59. The number of carbonyl (C=O) groups excluding carboxylic acids is 4. The summed E-state index contributed by atoms with van der Waals surface area (Å²) in [7, 11) is 3.90. The van der Waals surface area contributed by atoms with Crippen molar-refractivity contribution in [2.75, 3.05) is 34.5 Å². The Morgan fingerprint density at radius 2 is 1.54 bits per heavy atom. The van der Waals surface area contributed by atoms with Gasteiger partial charge in [0.15, 0.2) is 5.78 Å². The third kappa shape index (κ3) is 11.0. The minimum Gasteiger partial charge on any atom is -1.00 e. The second-order valence-corrected chi connectivity index (χ2v) is 7.56. The SMILES string of the molecule is C.C1CCOC1.COC(=O)/C=C/c1ccccc1C(=O)OC.COC(=O)C1Cc2ccccc2C1=O.[H-].[K+]. The summed E-state index contributed by atoms with van der Waals surface area (Å²) in [5.74, 6) is -2.10. The molecule has 0 bridgehead atoms. The van der Waals surface area contributed by atoms with Crippen molar-refractivity contribution >= 4 is 29.8 Å². The summed E-state index contributed by atoms with van der Waals surface area (Å²) in [5.41, 5.74) is 2.61. The number of ether oxygens (including phenoxy) is 4. The van der Waals surface area contributed by atoms with Crippen LogP contribution in [0.2, 0.25) is 0 Å². The van der Waals surface area contributed by atoms with Gasteiger partial charge in [0.1, 0.15) is 5.92 Å². The molecular formula is C28H35KO8. The maximum Gasteiger partial charge on any atom is 1.00 e. The normalized spacial score (nSPS) is 14.9. The van der Waals surface area contributed by atoms with Crippen molar-refractivity contribution in [1.82, 2.24) is 0 Å². The van der Waals surface area contributed by atoms with Crippen LogP contribution < -0.4 is 51.4 Å². The van der Waals surface area contributed by atoms with E-state index < -0.39 is 23.8 Å². The van der Waals surface area contributed by atoms with Gasteiger partial charge in [-0.15, -0.1) is 0 Å². The molecule has 196 valence electrons. The summed E-state index contributed by atoms with van der Waals surface area (Å²) < 4.78 is 18.6. The molecule has 9 heteroatoms. The van der Waals surface area contributed by atoms with Gasteiger partial charge in [-0.2, -0.15) is 0 Å². The van der Waals surface area contributed by atoms with Crippen molar-refractivity contribution in [2.24, 2.45) is 5.92 Å². The van der Waals surface area contributed by atoms with Crippen LogP contribution in [0.25, 0.3) is 6.08 Å². The van der Waals surface area contributed by atoms with Gasteiger partial charge in [0.25, 0.3) is 0 Å². The molecule has 0 saturated carbocycles. The Bertz CT molecular complexity index is 1060. The van der Waals surface area contributed by atoms with Gasteiger partial charge in [0.05, 0.1) is 26.9 Å². The molecule has 1 atom stereocenters. The number of carbonyl (C=O) groups is 4. The fourth-order valence-electron chi connectivity index (χ4n) is 3.45. The first-order valence-corrected chi connectivity index (χ1v) is 11.1. The van der Waals surface area contributed by atoms with E-state index in [1.165, 1.54) is 46.3 Å². The molecule has 2 aromatic carbocycles. The molecule has 8 nitrogen and oxygen atoms in total. The molecule has 1 aliphatic carbocycles. The summed E-state index contributed by atoms with van der Waals surface area (Å²) >= 11 is 0. The first kappa shape index (κ1) is 34.9. The van der Waals surface area contributed by atoms with Crippen LogP contribution in [0.4, 0.5) is 0 Å². The predicted octanol–water partition coefficient (Wildman–Crippen LogP) is 1.42. The van der Waals surface area contributed by atoms with Crippen LogP contribution in [0.1, 0.15) is 53.5 Å². The van der Waals surface area contributed by atoms with Gasteiger partial charge in [-0.3, -0.25) is 9.59 Å². The first-order chi connectivity index (χ1) is 16.9. The molecule has 1 heterocycles. The van der Waals surface area contributed by atoms with Crippen molar-refractivity contribution < 1.29 is 90.9 Å². The van der Waals surface area contributed by atoms with Gasteiger partial charge in [-0.1, -0.05) is 49.9 Å². The Morgan fingerprint density at radius 1 is 0.919 bits per heavy atom. The average molecular weight is 539 g/mol. The third-order valence-electron chi connectivity index (χ3n) is 5.30. The summed E-state index contributed by atoms with van der Waals surface area (Å²) in [6, 6.07) is 14.1. The minimum absolute atomic E-state index is 0. The second-order valence-electron chi connectivity index (χ2n) is 7.56. The fourth-order valence-corrected chi connectivity index (χ4v) is 3.45. The maximum atomic E-state index is 11.7. The largest absolute Gasteiger partial charge is 1.00 e. The Morgan fingerprint density at radius 3 is 2.08 bits per heavy atom. The molecule has 2 aliphatic rings. The van der Waals surface area contributed by atoms with E-state index in [0.29, 0.717) is 23.1 Å². The quantitative estimate of drug-likeness (QED) is 0.189. The number of ketones is 1. The molecule has 0 aromatic heterocycles. The second kappa shape index (κ2) is 19.0. The van der Waals surface area contributed by atoms with E-state index >= 15 is 0 Å². The van der Waals surface area contributed by atoms with Crippen molar-refractivity contribution in [3.8, 4) is 0 Å². The molecule has 0 amide bonds. The van der Waals surface area contributed by atoms with Gasteiger partial charge in [0, 0.05) is 24.9 Å². The first-order valence-electron chi connectivity index (χ1n) is 11.1. The molecule has 0 spiro atoms. The number of benzene rings is 2. The van der Waals surface area contributed by atoms with Crippen LogP contribution in [-0.2, 0) is 35.0 Å². The van der Waals surface area contributed by atoms with Crippen LogP contribution in [0.15, 0.2) is 54.6 Å². The van der Waals surface area contributed by atoms with Crippen molar-refractivity contribution in [3.63, 3.8) is 0 Å². The van der Waals surface area contributed by atoms with E-state index in [2.05, 4.69) is 14.2 Å².